The molecule has 4 nitrogen and oxygen atoms in total. The molecule has 0 unspecified atom stereocenters. The predicted octanol–water partition coefficient (Wildman–Crippen LogP) is 2.92. The van der Waals surface area contributed by atoms with Gasteiger partial charge in [-0.05, 0) is 18.7 Å². The lowest BCUT2D eigenvalue weighted by molar-refractivity contribution is 0.102. The molecule has 0 amide bonds. The molecule has 0 fully saturated rings. The minimum absolute atomic E-state index is 0.0544. The number of hydrogen-bond acceptors (Lipinski definition) is 5. The molecule has 1 aromatic heterocycles. The van der Waals surface area contributed by atoms with Gasteiger partial charge in [0.15, 0.2) is 5.78 Å². The van der Waals surface area contributed by atoms with Crippen molar-refractivity contribution in [1.29, 1.82) is 5.26 Å². The first kappa shape index (κ1) is 15.7. The second kappa shape index (κ2) is 6.95. The quantitative estimate of drug-likeness (QED) is 0.639. The van der Waals surface area contributed by atoms with Crippen molar-refractivity contribution in [3.05, 3.63) is 58.8 Å². The number of hydrogen-bond donors (Lipinski definition) is 0. The zero-order valence-electron chi connectivity index (χ0n) is 13.0. The van der Waals surface area contributed by atoms with Crippen LogP contribution in [0.4, 0.5) is 0 Å². The van der Waals surface area contributed by atoms with Crippen LogP contribution in [-0.4, -0.2) is 35.0 Å². The molecule has 116 valence electrons. The molecular formula is C18H17N3OS. The third-order valence-electron chi connectivity index (χ3n) is 3.88. The normalized spacial score (nSPS) is 14.1. The fraction of sp³-hybridized carbons (Fsp3) is 0.278. The Bertz CT molecular complexity index is 768. The molecule has 0 spiro atoms. The van der Waals surface area contributed by atoms with Crippen molar-refractivity contribution in [3.63, 3.8) is 0 Å². The second-order valence-corrected chi connectivity index (χ2v) is 6.59. The summed E-state index contributed by atoms with van der Waals surface area (Å²) in [5.74, 6) is 0.350. The third-order valence-corrected chi connectivity index (χ3v) is 4.87. The van der Waals surface area contributed by atoms with E-state index in [9.17, 15) is 10.1 Å². The van der Waals surface area contributed by atoms with Crippen LogP contribution < -0.4 is 0 Å². The highest BCUT2D eigenvalue weighted by Crippen LogP contribution is 2.26. The number of Topliss-reactive ketones (excluding diaryl/α,β-unsaturated/α-hetero) is 1. The van der Waals surface area contributed by atoms with E-state index in [2.05, 4.69) is 23.0 Å². The fourth-order valence-electron chi connectivity index (χ4n) is 2.63. The first-order chi connectivity index (χ1) is 11.2. The summed E-state index contributed by atoms with van der Waals surface area (Å²) < 4.78 is 0. The smallest absolute Gasteiger partial charge is 0.173 e. The van der Waals surface area contributed by atoms with Gasteiger partial charge < -0.3 is 4.90 Å². The predicted molar refractivity (Wildman–Crippen MR) is 90.5 cm³/mol. The Hall–Kier alpha value is -2.16. The van der Waals surface area contributed by atoms with E-state index in [0.717, 1.165) is 30.8 Å². The summed E-state index contributed by atoms with van der Waals surface area (Å²) in [7, 11) is 2.07. The number of likely N-dealkylation sites (N-methyl/N-ethyl adjacent to an activating group) is 1. The van der Waals surface area contributed by atoms with Gasteiger partial charge in [0, 0.05) is 30.8 Å². The van der Waals surface area contributed by atoms with Gasteiger partial charge in [0.05, 0.1) is 11.3 Å². The zero-order valence-corrected chi connectivity index (χ0v) is 13.8. The molecule has 5 heteroatoms. The van der Waals surface area contributed by atoms with Gasteiger partial charge in [-0.15, -0.1) is 0 Å². The molecule has 3 rings (SSSR count). The number of carbonyl (C=O) groups excluding carboxylic acids is 1. The first-order valence-electron chi connectivity index (χ1n) is 7.50. The third kappa shape index (κ3) is 3.61. The number of pyridine rings is 1. The average molecular weight is 323 g/mol. The minimum atomic E-state index is 0.0544. The van der Waals surface area contributed by atoms with Crippen LogP contribution >= 0.6 is 11.8 Å². The molecule has 1 aromatic carbocycles. The number of fused-ring (bicyclic) bond motifs is 1. The highest BCUT2D eigenvalue weighted by atomic mass is 32.2. The van der Waals surface area contributed by atoms with E-state index in [0.29, 0.717) is 21.9 Å². The zero-order chi connectivity index (χ0) is 16.2. The molecule has 0 bridgehead atoms. The van der Waals surface area contributed by atoms with Crippen LogP contribution in [0.3, 0.4) is 0 Å². The van der Waals surface area contributed by atoms with Gasteiger partial charge in [0.1, 0.15) is 11.1 Å². The molecule has 0 atom stereocenters. The van der Waals surface area contributed by atoms with Gasteiger partial charge >= 0.3 is 0 Å². The number of carbonyl (C=O) groups is 1. The van der Waals surface area contributed by atoms with E-state index in [4.69, 9.17) is 0 Å². The Morgan fingerprint density at radius 1 is 1.39 bits per heavy atom. The van der Waals surface area contributed by atoms with Crippen molar-refractivity contribution in [2.45, 2.75) is 18.0 Å². The van der Waals surface area contributed by atoms with Gasteiger partial charge in [0.2, 0.25) is 0 Å². The molecule has 2 heterocycles. The Balaban J connectivity index is 1.78. The Morgan fingerprint density at radius 2 is 2.17 bits per heavy atom. The minimum Gasteiger partial charge on any atom is -0.302 e. The lowest BCUT2D eigenvalue weighted by atomic mass is 10.0. The van der Waals surface area contributed by atoms with Crippen LogP contribution in [0.1, 0.15) is 27.2 Å². The number of thioether (sulfide) groups is 1. The maximum atomic E-state index is 12.2. The van der Waals surface area contributed by atoms with Crippen molar-refractivity contribution < 1.29 is 4.79 Å². The van der Waals surface area contributed by atoms with Gasteiger partial charge in [-0.25, -0.2) is 4.98 Å². The molecule has 0 saturated carbocycles. The Morgan fingerprint density at radius 3 is 2.91 bits per heavy atom. The molecule has 0 aliphatic carbocycles. The van der Waals surface area contributed by atoms with Crippen LogP contribution in [-0.2, 0) is 13.0 Å². The van der Waals surface area contributed by atoms with E-state index >= 15 is 0 Å². The molecule has 2 aromatic rings. The summed E-state index contributed by atoms with van der Waals surface area (Å²) in [6, 6.07) is 13.3. The van der Waals surface area contributed by atoms with Crippen molar-refractivity contribution in [1.82, 2.24) is 9.88 Å². The number of nitrogens with zero attached hydrogens (tertiary/aromatic N) is 3. The molecule has 23 heavy (non-hydrogen) atoms. The standard InChI is InChI=1S/C18H17N3OS/c1-21-8-7-16-15(11-21)9-14(10-19)18(20-16)23-12-17(22)13-5-3-2-4-6-13/h2-6,9H,7-8,11-12H2,1H3. The molecule has 0 N–H and O–H groups in total. The maximum absolute atomic E-state index is 12.2. The fourth-order valence-corrected chi connectivity index (χ4v) is 3.49. The lowest BCUT2D eigenvalue weighted by Gasteiger charge is -2.24. The summed E-state index contributed by atoms with van der Waals surface area (Å²) in [5, 5.41) is 10.0. The molecule has 1 aliphatic rings. The summed E-state index contributed by atoms with van der Waals surface area (Å²) in [6.45, 7) is 1.80. The summed E-state index contributed by atoms with van der Waals surface area (Å²) in [5.41, 5.74) is 3.42. The number of benzene rings is 1. The number of rotatable bonds is 4. The van der Waals surface area contributed by atoms with E-state index in [1.54, 1.807) is 0 Å². The topological polar surface area (TPSA) is 57.0 Å². The summed E-state index contributed by atoms with van der Waals surface area (Å²) in [4.78, 5) is 19.1. The highest BCUT2D eigenvalue weighted by Gasteiger charge is 2.18. The van der Waals surface area contributed by atoms with Gasteiger partial charge in [-0.2, -0.15) is 5.26 Å². The van der Waals surface area contributed by atoms with E-state index in [1.165, 1.54) is 11.8 Å². The molecule has 1 aliphatic heterocycles. The van der Waals surface area contributed by atoms with E-state index < -0.39 is 0 Å². The Labute approximate surface area is 140 Å². The average Bonchev–Trinajstić information content (AvgIpc) is 2.59. The van der Waals surface area contributed by atoms with Crippen molar-refractivity contribution in [3.8, 4) is 6.07 Å². The van der Waals surface area contributed by atoms with Crippen molar-refractivity contribution in [2.75, 3.05) is 19.3 Å². The summed E-state index contributed by atoms with van der Waals surface area (Å²) >= 11 is 1.35. The summed E-state index contributed by atoms with van der Waals surface area (Å²) in [6.07, 6.45) is 0.887. The number of ketones is 1. The Kier molecular flexibility index (Phi) is 4.75. The van der Waals surface area contributed by atoms with Crippen LogP contribution in [0.5, 0.6) is 0 Å². The maximum Gasteiger partial charge on any atom is 0.173 e. The molecular weight excluding hydrogens is 306 g/mol. The van der Waals surface area contributed by atoms with Crippen LogP contribution in [0.15, 0.2) is 41.4 Å². The molecule has 0 radical (unpaired) electrons. The number of aromatic nitrogens is 1. The SMILES string of the molecule is CN1CCc2nc(SCC(=O)c3ccccc3)c(C#N)cc2C1. The largest absolute Gasteiger partial charge is 0.302 e. The van der Waals surface area contributed by atoms with Crippen molar-refractivity contribution in [2.24, 2.45) is 0 Å². The first-order valence-corrected chi connectivity index (χ1v) is 8.48. The van der Waals surface area contributed by atoms with Crippen LogP contribution in [0.2, 0.25) is 0 Å². The van der Waals surface area contributed by atoms with E-state index in [1.807, 2.05) is 36.4 Å². The van der Waals surface area contributed by atoms with Crippen LogP contribution in [0, 0.1) is 11.3 Å². The lowest BCUT2D eigenvalue weighted by Crippen LogP contribution is -2.27. The highest BCUT2D eigenvalue weighted by molar-refractivity contribution is 8.00. The van der Waals surface area contributed by atoms with Gasteiger partial charge in [-0.1, -0.05) is 42.1 Å². The van der Waals surface area contributed by atoms with Crippen molar-refractivity contribution >= 4 is 17.5 Å². The monoisotopic (exact) mass is 323 g/mol. The van der Waals surface area contributed by atoms with E-state index in [-0.39, 0.29) is 5.78 Å². The van der Waals surface area contributed by atoms with Gasteiger partial charge in [-0.3, -0.25) is 4.79 Å². The second-order valence-electron chi connectivity index (χ2n) is 5.62. The van der Waals surface area contributed by atoms with Gasteiger partial charge in [0.25, 0.3) is 0 Å². The molecule has 0 saturated heterocycles. The van der Waals surface area contributed by atoms with Crippen LogP contribution in [0.25, 0.3) is 0 Å². The number of nitriles is 1.